The van der Waals surface area contributed by atoms with Crippen molar-refractivity contribution in [3.8, 4) is 0 Å². The van der Waals surface area contributed by atoms with E-state index in [-0.39, 0.29) is 19.3 Å². The molecule has 0 aromatic carbocycles. The number of aliphatic hydroxyl groups is 5. The van der Waals surface area contributed by atoms with E-state index in [1.165, 1.54) is 42.0 Å². The summed E-state index contributed by atoms with van der Waals surface area (Å²) in [4.78, 5) is 18.4. The molecular formula is C30H56N2O11. The molecule has 2 aliphatic heterocycles. The lowest BCUT2D eigenvalue weighted by Crippen LogP contribution is -2.62. The maximum atomic E-state index is 13.3. The van der Waals surface area contributed by atoms with Crippen molar-refractivity contribution >= 4 is 11.7 Å². The minimum Gasteiger partial charge on any atom is -0.633 e. The Morgan fingerprint density at radius 2 is 1.63 bits per heavy atom. The zero-order valence-electron chi connectivity index (χ0n) is 27.6. The van der Waals surface area contributed by atoms with Gasteiger partial charge in [0.15, 0.2) is 12.4 Å². The van der Waals surface area contributed by atoms with Gasteiger partial charge in [-0.25, -0.2) is 0 Å². The molecule has 0 spiro atoms. The summed E-state index contributed by atoms with van der Waals surface area (Å²) in [6, 6.07) is -0.771. The molecule has 1 unspecified atom stereocenters. The van der Waals surface area contributed by atoms with Crippen molar-refractivity contribution < 1.29 is 54.0 Å². The molecule has 2 fully saturated rings. The molecule has 5 N–H and O–H groups in total. The predicted octanol–water partition coefficient (Wildman–Crippen LogP) is 1.31. The van der Waals surface area contributed by atoms with Gasteiger partial charge in [-0.05, 0) is 40.5 Å². The molecule has 0 amide bonds. The first-order chi connectivity index (χ1) is 19.6. The Hall–Kier alpha value is -1.42. The Labute approximate surface area is 255 Å². The lowest BCUT2D eigenvalue weighted by molar-refractivity contribution is -0.874. The second kappa shape index (κ2) is 14.3. The average molecular weight is 621 g/mol. The first kappa shape index (κ1) is 37.8. The third-order valence-electron chi connectivity index (χ3n) is 9.45. The molecule has 2 heterocycles. The van der Waals surface area contributed by atoms with Gasteiger partial charge in [-0.3, -0.25) is 4.79 Å². The highest BCUT2D eigenvalue weighted by Crippen LogP contribution is 2.38. The third-order valence-corrected chi connectivity index (χ3v) is 9.45. The second-order valence-corrected chi connectivity index (χ2v) is 13.7. The summed E-state index contributed by atoms with van der Waals surface area (Å²) in [6.45, 7) is 12.9. The van der Waals surface area contributed by atoms with Crippen LogP contribution in [0.2, 0.25) is 0 Å². The van der Waals surface area contributed by atoms with Crippen LogP contribution in [0.25, 0.3) is 0 Å². The van der Waals surface area contributed by atoms with Crippen LogP contribution in [0.15, 0.2) is 5.16 Å². The van der Waals surface area contributed by atoms with E-state index in [1.807, 2.05) is 0 Å². The van der Waals surface area contributed by atoms with Crippen LogP contribution in [-0.4, -0.2) is 123 Å². The highest BCUT2D eigenvalue weighted by molar-refractivity contribution is 5.88. The first-order valence-corrected chi connectivity index (χ1v) is 15.3. The van der Waals surface area contributed by atoms with Crippen molar-refractivity contribution in [2.75, 3.05) is 21.2 Å². The van der Waals surface area contributed by atoms with E-state index in [0.29, 0.717) is 5.71 Å². The van der Waals surface area contributed by atoms with Crippen LogP contribution in [-0.2, 0) is 23.8 Å². The smallest absolute Gasteiger partial charge is 0.311 e. The zero-order valence-corrected chi connectivity index (χ0v) is 27.6. The molecule has 0 aliphatic carbocycles. The Kier molecular flexibility index (Phi) is 12.6. The number of quaternary nitrogens is 1. The van der Waals surface area contributed by atoms with Crippen molar-refractivity contribution in [2.45, 2.75) is 135 Å². The molecule has 0 aromatic heterocycles. The number of hydrogen-bond donors (Lipinski definition) is 5. The number of hydrogen-bond acceptors (Lipinski definition) is 12. The first-order valence-electron chi connectivity index (χ1n) is 15.3. The number of nitrogens with zero attached hydrogens (tertiary/aromatic N) is 2. The number of likely N-dealkylation sites (N-methyl/N-ethyl adjacent to an activating group) is 1. The number of rotatable bonds is 5. The SMILES string of the molecule is CC[C@H]1OC(=O)[C@H](C)[C@@H](O)[C@H](C)[C@@H](O[C@@H]2O[C@H](C)C[C@H]([N+](C)(C)[O-])[C@H]2O)C(C)(O)C[C@@H](C)/C(=N\OC)[C@H](C)[C@@H](O)[C@]1(C)O. The average Bonchev–Trinajstić information content (AvgIpc) is 2.90. The Morgan fingerprint density at radius 3 is 2.14 bits per heavy atom. The van der Waals surface area contributed by atoms with Gasteiger partial charge in [0.05, 0.1) is 55.7 Å². The van der Waals surface area contributed by atoms with Gasteiger partial charge in [0.2, 0.25) is 0 Å². The minimum absolute atomic E-state index is 0.0168. The van der Waals surface area contributed by atoms with Gasteiger partial charge in [-0.2, -0.15) is 0 Å². The number of aliphatic hydroxyl groups excluding tert-OH is 3. The van der Waals surface area contributed by atoms with Crippen molar-refractivity contribution in [2.24, 2.45) is 28.8 Å². The summed E-state index contributed by atoms with van der Waals surface area (Å²) in [5.74, 6) is -4.19. The van der Waals surface area contributed by atoms with Gasteiger partial charge in [0, 0.05) is 24.2 Å². The molecule has 2 saturated heterocycles. The molecule has 0 radical (unpaired) electrons. The van der Waals surface area contributed by atoms with Crippen LogP contribution >= 0.6 is 0 Å². The van der Waals surface area contributed by atoms with Gasteiger partial charge in [-0.1, -0.05) is 32.9 Å². The lowest BCUT2D eigenvalue weighted by Gasteiger charge is -2.50. The van der Waals surface area contributed by atoms with E-state index < -0.39 is 94.4 Å². The molecule has 0 aromatic rings. The van der Waals surface area contributed by atoms with Crippen molar-refractivity contribution in [3.63, 3.8) is 0 Å². The number of cyclic esters (lactones) is 1. The normalized spacial score (nSPS) is 47.1. The molecule has 252 valence electrons. The van der Waals surface area contributed by atoms with Gasteiger partial charge < -0.3 is 54.4 Å². The Balaban J connectivity index is 2.64. The molecule has 0 bridgehead atoms. The summed E-state index contributed by atoms with van der Waals surface area (Å²) >= 11 is 0. The van der Waals surface area contributed by atoms with E-state index in [9.17, 15) is 35.5 Å². The second-order valence-electron chi connectivity index (χ2n) is 13.7. The van der Waals surface area contributed by atoms with Crippen LogP contribution < -0.4 is 0 Å². The molecule has 2 rings (SSSR count). The zero-order chi connectivity index (χ0) is 33.2. The van der Waals surface area contributed by atoms with Gasteiger partial charge in [0.1, 0.15) is 24.9 Å². The van der Waals surface area contributed by atoms with Gasteiger partial charge in [-0.15, -0.1) is 0 Å². The largest absolute Gasteiger partial charge is 0.633 e. The topological polar surface area (TPSA) is 191 Å². The molecule has 14 atom stereocenters. The fraction of sp³-hybridized carbons (Fsp3) is 0.933. The number of carbonyl (C=O) groups excluding carboxylic acids is 1. The Morgan fingerprint density at radius 1 is 1.05 bits per heavy atom. The highest BCUT2D eigenvalue weighted by atomic mass is 16.7. The van der Waals surface area contributed by atoms with E-state index in [4.69, 9.17) is 19.0 Å². The van der Waals surface area contributed by atoms with Crippen LogP contribution in [0.5, 0.6) is 0 Å². The summed E-state index contributed by atoms with van der Waals surface area (Å²) in [6.07, 6.45) is -7.82. The Bertz CT molecular complexity index is 953. The summed E-state index contributed by atoms with van der Waals surface area (Å²) in [7, 11) is 4.20. The molecule has 0 saturated carbocycles. The lowest BCUT2D eigenvalue weighted by atomic mass is 9.73. The maximum absolute atomic E-state index is 13.3. The minimum atomic E-state index is -1.89. The molecular weight excluding hydrogens is 564 g/mol. The van der Waals surface area contributed by atoms with Crippen LogP contribution in [0, 0.1) is 28.9 Å². The van der Waals surface area contributed by atoms with Crippen LogP contribution in [0.1, 0.15) is 74.7 Å². The van der Waals surface area contributed by atoms with Crippen LogP contribution in [0.3, 0.4) is 0 Å². The van der Waals surface area contributed by atoms with E-state index >= 15 is 0 Å². The molecule has 13 nitrogen and oxygen atoms in total. The fourth-order valence-corrected chi connectivity index (χ4v) is 6.81. The standard InChI is InChI=1S/C30H56N2O11/c1-12-21-30(8,38)25(35)17(4)22(31-40-11)15(2)14-29(7,37)26(18(5)23(33)19(6)27(36)42-21)43-28-24(34)20(32(9,10)39)13-16(3)41-28/h15-21,23-26,28,33-35,37-38H,12-14H2,1-11H3/b31-22+/t15-,16-,17+,18+,19-,20+,21-,23+,24-,25-,26-,28+,29?,30-/m1/s1. The van der Waals surface area contributed by atoms with E-state index in [2.05, 4.69) is 5.16 Å². The van der Waals surface area contributed by atoms with Crippen molar-refractivity contribution in [3.05, 3.63) is 5.21 Å². The summed E-state index contributed by atoms with van der Waals surface area (Å²) in [5, 5.41) is 74.4. The third kappa shape index (κ3) is 8.44. The summed E-state index contributed by atoms with van der Waals surface area (Å²) < 4.78 is 17.1. The molecule has 2 aliphatic rings. The predicted molar refractivity (Wildman–Crippen MR) is 158 cm³/mol. The van der Waals surface area contributed by atoms with Crippen molar-refractivity contribution in [1.29, 1.82) is 0 Å². The number of hydroxylamine groups is 3. The maximum Gasteiger partial charge on any atom is 0.311 e. The monoisotopic (exact) mass is 620 g/mol. The molecule has 13 heteroatoms. The number of esters is 1. The van der Waals surface area contributed by atoms with Crippen LogP contribution in [0.4, 0.5) is 0 Å². The van der Waals surface area contributed by atoms with E-state index in [1.54, 1.807) is 34.6 Å². The number of oxime groups is 1. The van der Waals surface area contributed by atoms with Crippen molar-refractivity contribution in [1.82, 2.24) is 0 Å². The number of carbonyl (C=O) groups is 1. The number of ether oxygens (including phenoxy) is 3. The highest BCUT2D eigenvalue weighted by Gasteiger charge is 2.51. The summed E-state index contributed by atoms with van der Waals surface area (Å²) in [5.41, 5.74) is -3.29. The van der Waals surface area contributed by atoms with Gasteiger partial charge >= 0.3 is 5.97 Å². The fourth-order valence-electron chi connectivity index (χ4n) is 6.81. The quantitative estimate of drug-likeness (QED) is 0.169. The van der Waals surface area contributed by atoms with E-state index in [0.717, 1.165) is 0 Å². The van der Waals surface area contributed by atoms with Gasteiger partial charge in [0.25, 0.3) is 0 Å². The molecule has 43 heavy (non-hydrogen) atoms.